The molecule has 0 aliphatic carbocycles. The smallest absolute Gasteiger partial charge is 0.236 e. The molecule has 0 fully saturated rings. The van der Waals surface area contributed by atoms with Crippen molar-refractivity contribution in [2.75, 3.05) is 13.1 Å². The summed E-state index contributed by atoms with van der Waals surface area (Å²) in [6.45, 7) is 4.83. The van der Waals surface area contributed by atoms with Crippen molar-refractivity contribution in [3.05, 3.63) is 40.3 Å². The van der Waals surface area contributed by atoms with E-state index in [0.29, 0.717) is 6.54 Å². The Morgan fingerprint density at radius 1 is 1.57 bits per heavy atom. The van der Waals surface area contributed by atoms with Gasteiger partial charge in [0.1, 0.15) is 0 Å². The van der Waals surface area contributed by atoms with E-state index >= 15 is 0 Å². The Labute approximate surface area is 128 Å². The lowest BCUT2D eigenvalue weighted by molar-refractivity contribution is -0.131. The number of nitrogens with one attached hydrogen (secondary N) is 1. The molecule has 1 N–H and O–H groups in total. The van der Waals surface area contributed by atoms with Crippen molar-refractivity contribution in [3.8, 4) is 0 Å². The highest BCUT2D eigenvalue weighted by Crippen LogP contribution is 2.23. The first-order chi connectivity index (χ1) is 10.2. The van der Waals surface area contributed by atoms with Crippen LogP contribution in [0.5, 0.6) is 0 Å². The largest absolute Gasteiger partial charge is 0.337 e. The quantitative estimate of drug-likeness (QED) is 0.911. The maximum atomic E-state index is 12.3. The Kier molecular flexibility index (Phi) is 4.36. The Hall–Kier alpha value is -1.66. The van der Waals surface area contributed by atoms with E-state index in [-0.39, 0.29) is 11.9 Å². The molecule has 6 heteroatoms. The van der Waals surface area contributed by atoms with Gasteiger partial charge in [0.05, 0.1) is 13.1 Å². The number of nitrogens with zero attached hydrogens (tertiary/aromatic N) is 3. The fourth-order valence-electron chi connectivity index (χ4n) is 2.59. The van der Waals surface area contributed by atoms with Crippen LogP contribution >= 0.6 is 11.3 Å². The monoisotopic (exact) mass is 304 g/mol. The number of aromatic nitrogens is 2. The number of carbonyl (C=O) groups is 1. The first-order valence-corrected chi connectivity index (χ1v) is 8.14. The van der Waals surface area contributed by atoms with Crippen molar-refractivity contribution >= 4 is 17.2 Å². The van der Waals surface area contributed by atoms with Crippen molar-refractivity contribution < 1.29 is 4.79 Å². The van der Waals surface area contributed by atoms with Gasteiger partial charge in [-0.25, -0.2) is 0 Å². The highest BCUT2D eigenvalue weighted by Gasteiger charge is 2.21. The van der Waals surface area contributed by atoms with E-state index in [1.807, 2.05) is 21.8 Å². The zero-order valence-electron chi connectivity index (χ0n) is 12.2. The summed E-state index contributed by atoms with van der Waals surface area (Å²) in [5, 5.41) is 9.58. The van der Waals surface area contributed by atoms with Gasteiger partial charge in [-0.1, -0.05) is 0 Å². The van der Waals surface area contributed by atoms with Gasteiger partial charge in [-0.2, -0.15) is 5.10 Å². The predicted octanol–water partition coefficient (Wildman–Crippen LogP) is 1.51. The lowest BCUT2D eigenvalue weighted by Gasteiger charge is -2.27. The summed E-state index contributed by atoms with van der Waals surface area (Å²) in [6.07, 6.45) is 4.69. The third kappa shape index (κ3) is 3.51. The van der Waals surface area contributed by atoms with Crippen LogP contribution in [0.4, 0.5) is 0 Å². The number of carbonyl (C=O) groups excluding carboxylic acids is 1. The third-order valence-electron chi connectivity index (χ3n) is 3.78. The first-order valence-electron chi connectivity index (χ1n) is 7.26. The van der Waals surface area contributed by atoms with Gasteiger partial charge >= 0.3 is 0 Å². The normalized spacial score (nSPS) is 15.8. The van der Waals surface area contributed by atoms with Crippen LogP contribution in [0.1, 0.15) is 17.4 Å². The number of fused-ring (bicyclic) bond motifs is 1. The summed E-state index contributed by atoms with van der Waals surface area (Å²) in [7, 11) is 0. The topological polar surface area (TPSA) is 50.2 Å². The molecule has 0 radical (unpaired) electrons. The second-order valence-corrected chi connectivity index (χ2v) is 6.45. The first kappa shape index (κ1) is 14.3. The molecule has 1 amide bonds. The molecule has 0 saturated heterocycles. The standard InChI is InChI=1S/C15H20N4OS/c1-12(10-19-6-2-5-17-19)16-9-15(20)18-7-3-14-13(11-18)4-8-21-14/h2,4-6,8,12,16H,3,7,9-11H2,1H3. The summed E-state index contributed by atoms with van der Waals surface area (Å²) in [5.74, 6) is 0.180. The van der Waals surface area contributed by atoms with Crippen molar-refractivity contribution in [1.82, 2.24) is 20.0 Å². The van der Waals surface area contributed by atoms with Gasteiger partial charge < -0.3 is 10.2 Å². The maximum absolute atomic E-state index is 12.3. The van der Waals surface area contributed by atoms with Gasteiger partial charge in [0.2, 0.25) is 5.91 Å². The summed E-state index contributed by atoms with van der Waals surface area (Å²) >= 11 is 1.80. The Bertz CT molecular complexity index is 593. The second-order valence-electron chi connectivity index (χ2n) is 5.44. The van der Waals surface area contributed by atoms with E-state index in [4.69, 9.17) is 0 Å². The van der Waals surface area contributed by atoms with Gasteiger partial charge in [0, 0.05) is 36.4 Å². The summed E-state index contributed by atoms with van der Waals surface area (Å²) < 4.78 is 1.88. The maximum Gasteiger partial charge on any atom is 0.236 e. The second kappa shape index (κ2) is 6.41. The van der Waals surface area contributed by atoms with E-state index in [0.717, 1.165) is 26.1 Å². The van der Waals surface area contributed by atoms with Crippen LogP contribution in [-0.2, 0) is 24.3 Å². The molecule has 1 atom stereocenters. The SMILES string of the molecule is CC(Cn1cccn1)NCC(=O)N1CCc2sccc2C1. The molecule has 1 aliphatic rings. The summed E-state index contributed by atoms with van der Waals surface area (Å²) in [6, 6.07) is 4.26. The molecule has 1 aliphatic heterocycles. The highest BCUT2D eigenvalue weighted by atomic mass is 32.1. The van der Waals surface area contributed by atoms with Crippen LogP contribution in [0, 0.1) is 0 Å². The molecule has 3 rings (SSSR count). The van der Waals surface area contributed by atoms with Gasteiger partial charge in [-0.3, -0.25) is 9.48 Å². The molecule has 1 unspecified atom stereocenters. The molecular weight excluding hydrogens is 284 g/mol. The average molecular weight is 304 g/mol. The predicted molar refractivity (Wildman–Crippen MR) is 83.1 cm³/mol. The zero-order valence-corrected chi connectivity index (χ0v) is 13.0. The van der Waals surface area contributed by atoms with E-state index in [9.17, 15) is 4.79 Å². The number of rotatable bonds is 5. The van der Waals surface area contributed by atoms with Crippen LogP contribution in [0.25, 0.3) is 0 Å². The highest BCUT2D eigenvalue weighted by molar-refractivity contribution is 7.10. The Morgan fingerprint density at radius 3 is 3.29 bits per heavy atom. The molecule has 2 aromatic rings. The number of amides is 1. The molecular formula is C15H20N4OS. The van der Waals surface area contributed by atoms with Gasteiger partial charge in [-0.05, 0) is 36.4 Å². The molecule has 0 aromatic carbocycles. The van der Waals surface area contributed by atoms with Gasteiger partial charge in [-0.15, -0.1) is 11.3 Å². The minimum Gasteiger partial charge on any atom is -0.337 e. The van der Waals surface area contributed by atoms with Crippen LogP contribution < -0.4 is 5.32 Å². The Balaban J connectivity index is 1.46. The van der Waals surface area contributed by atoms with E-state index in [1.165, 1.54) is 10.4 Å². The Morgan fingerprint density at radius 2 is 2.48 bits per heavy atom. The minimum absolute atomic E-state index is 0.180. The lowest BCUT2D eigenvalue weighted by atomic mass is 10.1. The fourth-order valence-corrected chi connectivity index (χ4v) is 3.48. The molecule has 0 spiro atoms. The molecule has 0 bridgehead atoms. The van der Waals surface area contributed by atoms with Crippen LogP contribution in [0.3, 0.4) is 0 Å². The van der Waals surface area contributed by atoms with Crippen LogP contribution in [0.15, 0.2) is 29.9 Å². The molecule has 5 nitrogen and oxygen atoms in total. The minimum atomic E-state index is 0.180. The summed E-state index contributed by atoms with van der Waals surface area (Å²) in [5.41, 5.74) is 1.31. The molecule has 21 heavy (non-hydrogen) atoms. The fraction of sp³-hybridized carbons (Fsp3) is 0.467. The lowest BCUT2D eigenvalue weighted by Crippen LogP contribution is -2.43. The van der Waals surface area contributed by atoms with E-state index in [2.05, 4.69) is 28.8 Å². The number of hydrogen-bond acceptors (Lipinski definition) is 4. The number of thiophene rings is 1. The molecule has 3 heterocycles. The van der Waals surface area contributed by atoms with Crippen molar-refractivity contribution in [2.45, 2.75) is 32.5 Å². The average Bonchev–Trinajstić information content (AvgIpc) is 3.14. The van der Waals surface area contributed by atoms with Crippen molar-refractivity contribution in [1.29, 1.82) is 0 Å². The number of hydrogen-bond donors (Lipinski definition) is 1. The van der Waals surface area contributed by atoms with Gasteiger partial charge in [0.25, 0.3) is 0 Å². The van der Waals surface area contributed by atoms with Gasteiger partial charge in [0.15, 0.2) is 0 Å². The summed E-state index contributed by atoms with van der Waals surface area (Å²) in [4.78, 5) is 15.7. The van der Waals surface area contributed by atoms with Crippen molar-refractivity contribution in [2.24, 2.45) is 0 Å². The third-order valence-corrected chi connectivity index (χ3v) is 4.81. The zero-order chi connectivity index (χ0) is 14.7. The van der Waals surface area contributed by atoms with E-state index < -0.39 is 0 Å². The van der Waals surface area contributed by atoms with E-state index in [1.54, 1.807) is 17.5 Å². The van der Waals surface area contributed by atoms with Crippen molar-refractivity contribution in [3.63, 3.8) is 0 Å². The molecule has 0 saturated carbocycles. The van der Waals surface area contributed by atoms with Crippen LogP contribution in [0.2, 0.25) is 0 Å². The van der Waals surface area contributed by atoms with Crippen LogP contribution in [-0.4, -0.2) is 39.7 Å². The molecule has 2 aromatic heterocycles. The molecule has 112 valence electrons.